The van der Waals surface area contributed by atoms with Gasteiger partial charge >= 0.3 is 0 Å². The van der Waals surface area contributed by atoms with Crippen molar-refractivity contribution in [2.45, 2.75) is 44.9 Å². The molecule has 2 atom stereocenters. The molecule has 3 aromatic rings. The van der Waals surface area contributed by atoms with Crippen molar-refractivity contribution in [2.24, 2.45) is 0 Å². The Kier molecular flexibility index (Phi) is 9.36. The molecule has 0 unspecified atom stereocenters. The minimum atomic E-state index is -0.841. The van der Waals surface area contributed by atoms with Crippen LogP contribution in [0.3, 0.4) is 0 Å². The van der Waals surface area contributed by atoms with E-state index in [2.05, 4.69) is 26.3 Å². The maximum Gasteiger partial charge on any atom is 0.252 e. The Morgan fingerprint density at radius 2 is 1.87 bits per heavy atom. The number of amides is 3. The topological polar surface area (TPSA) is 127 Å². The minimum absolute atomic E-state index is 0.161. The van der Waals surface area contributed by atoms with Crippen molar-refractivity contribution in [1.82, 2.24) is 30.9 Å². The average molecular weight is 537 g/mol. The Bertz CT molecular complexity index is 1270. The monoisotopic (exact) mass is 536 g/mol. The number of thioether (sulfide) groups is 1. The first kappa shape index (κ1) is 27.2. The van der Waals surface area contributed by atoms with Gasteiger partial charge < -0.3 is 20.7 Å². The van der Waals surface area contributed by atoms with E-state index in [0.29, 0.717) is 48.8 Å². The Morgan fingerprint density at radius 1 is 1.05 bits per heavy atom. The Balaban J connectivity index is 1.63. The molecule has 0 saturated heterocycles. The smallest absolute Gasteiger partial charge is 0.252 e. The van der Waals surface area contributed by atoms with Crippen molar-refractivity contribution >= 4 is 29.5 Å². The van der Waals surface area contributed by atoms with Gasteiger partial charge in [0.2, 0.25) is 11.8 Å². The third-order valence-corrected chi connectivity index (χ3v) is 6.85. The van der Waals surface area contributed by atoms with Gasteiger partial charge in [0.05, 0.1) is 19.3 Å². The van der Waals surface area contributed by atoms with Crippen LogP contribution in [-0.4, -0.2) is 63.4 Å². The Hall–Kier alpha value is -3.86. The van der Waals surface area contributed by atoms with E-state index in [-0.39, 0.29) is 18.4 Å². The number of ether oxygens (including phenoxy) is 1. The van der Waals surface area contributed by atoms with Crippen LogP contribution >= 0.6 is 11.8 Å². The molecule has 4 rings (SSSR count). The summed E-state index contributed by atoms with van der Waals surface area (Å²) in [6.45, 7) is 2.83. The van der Waals surface area contributed by atoms with Crippen LogP contribution in [0.5, 0.6) is 5.75 Å². The lowest BCUT2D eigenvalue weighted by Crippen LogP contribution is -2.54. The van der Waals surface area contributed by atoms with Crippen molar-refractivity contribution in [3.63, 3.8) is 0 Å². The van der Waals surface area contributed by atoms with Crippen molar-refractivity contribution in [2.75, 3.05) is 18.6 Å². The summed E-state index contributed by atoms with van der Waals surface area (Å²) in [7, 11) is 0. The molecular weight excluding hydrogens is 504 g/mol. The summed E-state index contributed by atoms with van der Waals surface area (Å²) in [5.74, 6) is 0.0892. The molecule has 1 aromatic heterocycles. The molecule has 38 heavy (non-hydrogen) atoms. The predicted molar refractivity (Wildman–Crippen MR) is 145 cm³/mol. The van der Waals surface area contributed by atoms with Crippen LogP contribution in [-0.2, 0) is 29.1 Å². The summed E-state index contributed by atoms with van der Waals surface area (Å²) in [5, 5.41) is 16.8. The summed E-state index contributed by atoms with van der Waals surface area (Å²) in [4.78, 5) is 39.8. The van der Waals surface area contributed by atoms with Crippen molar-refractivity contribution in [3.05, 3.63) is 77.1 Å². The third-order valence-electron chi connectivity index (χ3n) is 6.21. The molecule has 2 aromatic carbocycles. The fraction of sp³-hybridized carbons (Fsp3) is 0.370. The number of hydrogen-bond acceptors (Lipinski definition) is 7. The quantitative estimate of drug-likeness (QED) is 0.454. The van der Waals surface area contributed by atoms with Crippen LogP contribution in [0.2, 0.25) is 0 Å². The van der Waals surface area contributed by atoms with Gasteiger partial charge in [-0.1, -0.05) is 41.6 Å². The molecule has 0 spiro atoms. The molecule has 10 nitrogen and oxygen atoms in total. The van der Waals surface area contributed by atoms with E-state index in [1.807, 2.05) is 49.6 Å². The van der Waals surface area contributed by atoms with Gasteiger partial charge in [0.25, 0.3) is 5.91 Å². The molecule has 3 amide bonds. The van der Waals surface area contributed by atoms with E-state index in [1.54, 1.807) is 34.8 Å². The molecule has 0 aliphatic carbocycles. The fourth-order valence-electron chi connectivity index (χ4n) is 4.05. The van der Waals surface area contributed by atoms with Gasteiger partial charge in [0, 0.05) is 12.0 Å². The summed E-state index contributed by atoms with van der Waals surface area (Å²) in [5.41, 5.74) is 2.76. The minimum Gasteiger partial charge on any atom is -0.491 e. The Labute approximate surface area is 225 Å². The molecule has 0 saturated carbocycles. The largest absolute Gasteiger partial charge is 0.491 e. The first-order valence-electron chi connectivity index (χ1n) is 12.5. The molecule has 2 heterocycles. The number of aromatic nitrogens is 3. The van der Waals surface area contributed by atoms with Crippen LogP contribution in [0.1, 0.15) is 33.6 Å². The van der Waals surface area contributed by atoms with Crippen molar-refractivity contribution in [1.29, 1.82) is 0 Å². The van der Waals surface area contributed by atoms with E-state index in [1.165, 1.54) is 0 Å². The maximum atomic E-state index is 13.4. The van der Waals surface area contributed by atoms with Crippen molar-refractivity contribution in [3.8, 4) is 5.75 Å². The predicted octanol–water partition coefficient (Wildman–Crippen LogP) is 1.87. The van der Waals surface area contributed by atoms with Gasteiger partial charge in [-0.15, -0.1) is 5.10 Å². The van der Waals surface area contributed by atoms with E-state index in [9.17, 15) is 14.4 Å². The number of carbonyl (C=O) groups excluding carboxylic acids is 3. The summed E-state index contributed by atoms with van der Waals surface area (Å²) < 4.78 is 7.55. The van der Waals surface area contributed by atoms with Crippen LogP contribution in [0.4, 0.5) is 0 Å². The SMILES string of the molecule is CSCC[C@H]1NC(=O)c2ccc(C)c(c2)OCCn2cc(nn2)CNC(=O)[C@H](Cc2ccccc2)NC1=O. The second-order valence-electron chi connectivity index (χ2n) is 9.08. The van der Waals surface area contributed by atoms with Gasteiger partial charge in [-0.05, 0) is 48.6 Å². The molecule has 1 aliphatic rings. The van der Waals surface area contributed by atoms with Crippen LogP contribution in [0.25, 0.3) is 0 Å². The molecule has 0 fully saturated rings. The van der Waals surface area contributed by atoms with Gasteiger partial charge in [0.1, 0.15) is 30.1 Å². The number of nitrogens with zero attached hydrogens (tertiary/aromatic N) is 3. The van der Waals surface area contributed by atoms with E-state index < -0.39 is 18.0 Å². The van der Waals surface area contributed by atoms with Gasteiger partial charge in [-0.2, -0.15) is 11.8 Å². The normalized spacial score (nSPS) is 18.8. The molecular formula is C27H32N6O4S. The highest BCUT2D eigenvalue weighted by atomic mass is 32.2. The highest BCUT2D eigenvalue weighted by Crippen LogP contribution is 2.20. The van der Waals surface area contributed by atoms with Crippen LogP contribution in [0, 0.1) is 6.92 Å². The van der Waals surface area contributed by atoms with Crippen LogP contribution in [0.15, 0.2) is 54.7 Å². The number of aryl methyl sites for hydroxylation is 1. The lowest BCUT2D eigenvalue weighted by molar-refractivity contribution is -0.130. The van der Waals surface area contributed by atoms with E-state index in [0.717, 1.165) is 11.1 Å². The third kappa shape index (κ3) is 7.34. The van der Waals surface area contributed by atoms with E-state index >= 15 is 0 Å². The lowest BCUT2D eigenvalue weighted by atomic mass is 10.0. The number of nitrogens with one attached hydrogen (secondary N) is 3. The van der Waals surface area contributed by atoms with E-state index in [4.69, 9.17) is 4.74 Å². The van der Waals surface area contributed by atoms with Gasteiger partial charge in [0.15, 0.2) is 0 Å². The maximum absolute atomic E-state index is 13.4. The summed E-state index contributed by atoms with van der Waals surface area (Å²) >= 11 is 1.58. The fourth-order valence-corrected chi connectivity index (χ4v) is 4.52. The zero-order chi connectivity index (χ0) is 26.9. The van der Waals surface area contributed by atoms with Crippen molar-refractivity contribution < 1.29 is 19.1 Å². The highest BCUT2D eigenvalue weighted by molar-refractivity contribution is 7.98. The first-order valence-corrected chi connectivity index (χ1v) is 13.9. The molecule has 11 heteroatoms. The standard InChI is InChI=1S/C27H32N6O4S/c1-18-8-9-20-15-24(18)37-12-11-33-17-21(31-32-33)16-28-26(35)23(14-19-6-4-3-5-7-19)30-27(36)22(10-13-38-2)29-25(20)34/h3-9,15,17,22-23H,10-14,16H2,1-2H3,(H,28,35)(H,29,34)(H,30,36)/t22-,23+/m1/s1. The number of benzene rings is 2. The Morgan fingerprint density at radius 3 is 2.66 bits per heavy atom. The number of carbonyl (C=O) groups is 3. The average Bonchev–Trinajstić information content (AvgIpc) is 3.37. The van der Waals surface area contributed by atoms with Gasteiger partial charge in [-0.25, -0.2) is 4.68 Å². The zero-order valence-electron chi connectivity index (χ0n) is 21.5. The molecule has 0 radical (unpaired) electrons. The zero-order valence-corrected chi connectivity index (χ0v) is 22.3. The van der Waals surface area contributed by atoms with Crippen LogP contribution < -0.4 is 20.7 Å². The highest BCUT2D eigenvalue weighted by Gasteiger charge is 2.27. The molecule has 4 bridgehead atoms. The summed E-state index contributed by atoms with van der Waals surface area (Å²) in [6, 6.07) is 13.0. The van der Waals surface area contributed by atoms with Gasteiger partial charge in [-0.3, -0.25) is 14.4 Å². The number of rotatable bonds is 5. The summed E-state index contributed by atoms with van der Waals surface area (Å²) in [6.07, 6.45) is 4.39. The second kappa shape index (κ2) is 13.1. The lowest BCUT2D eigenvalue weighted by Gasteiger charge is -2.23. The molecule has 200 valence electrons. The number of hydrogen-bond donors (Lipinski definition) is 3. The molecule has 3 N–H and O–H groups in total. The first-order chi connectivity index (χ1) is 18.4. The number of fused-ring (bicyclic) bond motifs is 4. The second-order valence-corrected chi connectivity index (χ2v) is 10.1. The molecule has 1 aliphatic heterocycles.